The molecule has 7 rings (SSSR count). The summed E-state index contributed by atoms with van der Waals surface area (Å²) >= 11 is 0. The molecule has 1 amide bonds. The molecule has 0 N–H and O–H groups in total. The normalized spacial score (nSPS) is 19.0. The van der Waals surface area contributed by atoms with Crippen molar-refractivity contribution in [3.05, 3.63) is 82.9 Å². The number of halogens is 1. The molecule has 2 aromatic heterocycles. The molecule has 222 valence electrons. The quantitative estimate of drug-likeness (QED) is 0.262. The van der Waals surface area contributed by atoms with Crippen molar-refractivity contribution in [2.45, 2.75) is 57.9 Å². The van der Waals surface area contributed by atoms with Crippen LogP contribution in [0.2, 0.25) is 0 Å². The summed E-state index contributed by atoms with van der Waals surface area (Å²) in [7, 11) is 0. The number of ether oxygens (including phenoxy) is 1. The van der Waals surface area contributed by atoms with Crippen LogP contribution in [0.15, 0.2) is 54.6 Å². The topological polar surface area (TPSA) is 80.0 Å². The number of amides is 1. The predicted octanol–water partition coefficient (Wildman–Crippen LogP) is 5.95. The van der Waals surface area contributed by atoms with Gasteiger partial charge in [0.25, 0.3) is 5.91 Å². The van der Waals surface area contributed by atoms with Crippen LogP contribution in [0.4, 0.5) is 10.1 Å². The molecule has 2 fully saturated rings. The minimum absolute atomic E-state index is 0.0381. The van der Waals surface area contributed by atoms with E-state index in [0.717, 1.165) is 30.6 Å². The Hall–Kier alpha value is -4.27. The summed E-state index contributed by atoms with van der Waals surface area (Å²) in [4.78, 5) is 34.7. The number of carbonyl (C=O) groups is 2. The molecule has 4 heterocycles. The van der Waals surface area contributed by atoms with Crippen LogP contribution in [0.3, 0.4) is 0 Å². The number of piperidine rings is 1. The summed E-state index contributed by atoms with van der Waals surface area (Å²) < 4.78 is 22.5. The van der Waals surface area contributed by atoms with Crippen LogP contribution in [-0.2, 0) is 16.0 Å². The molecular weight excluding hydrogens is 545 g/mol. The highest BCUT2D eigenvalue weighted by atomic mass is 19.1. The number of nitrogens with zero attached hydrogens (tertiary/aromatic N) is 5. The Labute approximate surface area is 250 Å². The lowest BCUT2D eigenvalue weighted by Gasteiger charge is -2.35. The molecule has 9 heteroatoms. The lowest BCUT2D eigenvalue weighted by Crippen LogP contribution is -2.39. The molecule has 1 unspecified atom stereocenters. The molecule has 1 atom stereocenters. The number of carbonyl (C=O) groups excluding carboxylic acids is 2. The maximum absolute atomic E-state index is 15.6. The predicted molar refractivity (Wildman–Crippen MR) is 162 cm³/mol. The molecule has 8 nitrogen and oxygen atoms in total. The third-order valence-corrected chi connectivity index (χ3v) is 9.23. The van der Waals surface area contributed by atoms with Crippen LogP contribution in [0.25, 0.3) is 16.9 Å². The molecule has 0 radical (unpaired) electrons. The number of hydrogen-bond donors (Lipinski definition) is 0. The summed E-state index contributed by atoms with van der Waals surface area (Å²) in [5.41, 5.74) is 6.05. The van der Waals surface area contributed by atoms with Gasteiger partial charge in [-0.05, 0) is 81.3 Å². The summed E-state index contributed by atoms with van der Waals surface area (Å²) in [5, 5.41) is 4.78. The number of fused-ring (bicyclic) bond motifs is 2. The fourth-order valence-electron chi connectivity index (χ4n) is 6.65. The van der Waals surface area contributed by atoms with E-state index in [2.05, 4.69) is 24.0 Å². The molecule has 43 heavy (non-hydrogen) atoms. The van der Waals surface area contributed by atoms with E-state index in [0.29, 0.717) is 67.6 Å². The van der Waals surface area contributed by atoms with Gasteiger partial charge in [0.1, 0.15) is 11.5 Å². The van der Waals surface area contributed by atoms with Crippen LogP contribution >= 0.6 is 0 Å². The lowest BCUT2D eigenvalue weighted by molar-refractivity contribution is -0.148. The van der Waals surface area contributed by atoms with Crippen molar-refractivity contribution in [1.82, 2.24) is 19.5 Å². The number of rotatable bonds is 6. The number of esters is 1. The first-order valence-electron chi connectivity index (χ1n) is 15.4. The van der Waals surface area contributed by atoms with Crippen LogP contribution in [0, 0.1) is 11.7 Å². The first-order chi connectivity index (χ1) is 20.9. The van der Waals surface area contributed by atoms with Gasteiger partial charge in [0.05, 0.1) is 24.3 Å². The van der Waals surface area contributed by atoms with E-state index >= 15 is 4.39 Å². The van der Waals surface area contributed by atoms with E-state index in [9.17, 15) is 9.59 Å². The molecular formula is C34H36FN5O3. The monoisotopic (exact) mass is 581 g/mol. The second-order valence-electron chi connectivity index (χ2n) is 11.9. The van der Waals surface area contributed by atoms with Crippen LogP contribution in [0.1, 0.15) is 78.8 Å². The maximum atomic E-state index is 15.6. The van der Waals surface area contributed by atoms with Crippen molar-refractivity contribution < 1.29 is 18.7 Å². The Kier molecular flexibility index (Phi) is 7.11. The standard InChI is InChI=1S/C34H36FN5O3/c1-3-43-34(42)24-12-15-38(16-13-24)25-10-11-27(28(35)18-25)29-20-32-36-30(19-31(23-8-9-23)40(32)37-29)33(41)39-17-14-22-6-4-5-7-26(22)21(39)2/h4-7,10-11,18-21,23-24H,3,8-9,12-17H2,1-2H3. The van der Waals surface area contributed by atoms with Gasteiger partial charge in [-0.1, -0.05) is 24.3 Å². The van der Waals surface area contributed by atoms with Crippen molar-refractivity contribution in [1.29, 1.82) is 0 Å². The maximum Gasteiger partial charge on any atom is 0.309 e. The van der Waals surface area contributed by atoms with E-state index < -0.39 is 0 Å². The van der Waals surface area contributed by atoms with Crippen molar-refractivity contribution in [3.8, 4) is 11.3 Å². The van der Waals surface area contributed by atoms with Gasteiger partial charge in [0, 0.05) is 48.6 Å². The molecule has 1 saturated heterocycles. The van der Waals surface area contributed by atoms with Crippen molar-refractivity contribution in [2.75, 3.05) is 31.1 Å². The molecule has 2 aliphatic heterocycles. The van der Waals surface area contributed by atoms with E-state index in [1.165, 1.54) is 11.1 Å². The number of aromatic nitrogens is 3. The smallest absolute Gasteiger partial charge is 0.309 e. The summed E-state index contributed by atoms with van der Waals surface area (Å²) in [6.07, 6.45) is 4.26. The van der Waals surface area contributed by atoms with Crippen LogP contribution < -0.4 is 4.90 Å². The van der Waals surface area contributed by atoms with Gasteiger partial charge >= 0.3 is 5.97 Å². The van der Waals surface area contributed by atoms with Gasteiger partial charge in [0.2, 0.25) is 0 Å². The van der Waals surface area contributed by atoms with Crippen molar-refractivity contribution in [2.24, 2.45) is 5.92 Å². The minimum atomic E-state index is -0.362. The molecule has 1 saturated carbocycles. The highest BCUT2D eigenvalue weighted by Gasteiger charge is 2.33. The summed E-state index contributed by atoms with van der Waals surface area (Å²) in [6.45, 7) is 6.26. The zero-order chi connectivity index (χ0) is 29.7. The second-order valence-corrected chi connectivity index (χ2v) is 11.9. The number of anilines is 1. The zero-order valence-corrected chi connectivity index (χ0v) is 24.6. The third kappa shape index (κ3) is 5.15. The van der Waals surface area contributed by atoms with Gasteiger partial charge in [-0.15, -0.1) is 0 Å². The Morgan fingerprint density at radius 1 is 1.00 bits per heavy atom. The Balaban J connectivity index is 1.15. The van der Waals surface area contributed by atoms with Gasteiger partial charge in [-0.2, -0.15) is 5.10 Å². The lowest BCUT2D eigenvalue weighted by atomic mass is 9.93. The fraction of sp³-hybridized carbons (Fsp3) is 0.412. The largest absolute Gasteiger partial charge is 0.466 e. The van der Waals surface area contributed by atoms with E-state index in [-0.39, 0.29) is 29.7 Å². The van der Waals surface area contributed by atoms with Crippen molar-refractivity contribution in [3.63, 3.8) is 0 Å². The zero-order valence-electron chi connectivity index (χ0n) is 24.6. The molecule has 0 bridgehead atoms. The average molecular weight is 582 g/mol. The first-order valence-corrected chi connectivity index (χ1v) is 15.4. The SMILES string of the molecule is CCOC(=O)C1CCN(c2ccc(-c3cc4nc(C(=O)N5CCc6ccccc6C5C)cc(C5CC5)n4n3)c(F)c2)CC1. The first kappa shape index (κ1) is 27.6. The fourth-order valence-corrected chi connectivity index (χ4v) is 6.65. The van der Waals surface area contributed by atoms with E-state index in [1.807, 2.05) is 36.1 Å². The third-order valence-electron chi connectivity index (χ3n) is 9.23. The van der Waals surface area contributed by atoms with Gasteiger partial charge in [-0.3, -0.25) is 9.59 Å². The minimum Gasteiger partial charge on any atom is -0.466 e. The Morgan fingerprint density at radius 3 is 2.53 bits per heavy atom. The number of hydrogen-bond acceptors (Lipinski definition) is 6. The average Bonchev–Trinajstić information content (AvgIpc) is 3.79. The molecule has 2 aromatic carbocycles. The van der Waals surface area contributed by atoms with Crippen LogP contribution in [-0.4, -0.2) is 57.6 Å². The van der Waals surface area contributed by atoms with Gasteiger partial charge in [0.15, 0.2) is 5.65 Å². The Bertz CT molecular complexity index is 1710. The summed E-state index contributed by atoms with van der Waals surface area (Å²) in [6, 6.07) is 17.1. The second kappa shape index (κ2) is 11.1. The summed E-state index contributed by atoms with van der Waals surface area (Å²) in [5.74, 6) is -0.378. The number of benzene rings is 2. The molecule has 0 spiro atoms. The molecule has 3 aliphatic rings. The highest BCUT2D eigenvalue weighted by Crippen LogP contribution is 2.41. The van der Waals surface area contributed by atoms with Crippen molar-refractivity contribution >= 4 is 23.2 Å². The molecule has 4 aromatic rings. The molecule has 1 aliphatic carbocycles. The van der Waals surface area contributed by atoms with Gasteiger partial charge in [-0.25, -0.2) is 13.9 Å². The highest BCUT2D eigenvalue weighted by molar-refractivity contribution is 5.93. The van der Waals surface area contributed by atoms with E-state index in [4.69, 9.17) is 14.8 Å². The Morgan fingerprint density at radius 2 is 1.79 bits per heavy atom. The van der Waals surface area contributed by atoms with Gasteiger partial charge < -0.3 is 14.5 Å². The van der Waals surface area contributed by atoms with Crippen LogP contribution in [0.5, 0.6) is 0 Å². The van der Waals surface area contributed by atoms with E-state index in [1.54, 1.807) is 22.7 Å².